The quantitative estimate of drug-likeness (QED) is 0.679. The predicted octanol–water partition coefficient (Wildman–Crippen LogP) is 2.63. The number of rotatable bonds is 0. The largest absolute Gasteiger partial charge is 0.454 e. The van der Waals surface area contributed by atoms with Gasteiger partial charge >= 0.3 is 0 Å². The molecule has 4 heteroatoms. The lowest BCUT2D eigenvalue weighted by molar-refractivity contribution is 0.102. The summed E-state index contributed by atoms with van der Waals surface area (Å²) in [7, 11) is 0. The number of nitrogens with two attached hydrogens (primary N) is 1. The molecule has 0 bridgehead atoms. The summed E-state index contributed by atoms with van der Waals surface area (Å²) in [5.74, 6) is 0.848. The van der Waals surface area contributed by atoms with Crippen LogP contribution in [0.25, 0.3) is 0 Å². The molecule has 0 unspecified atom stereocenters. The number of anilines is 2. The van der Waals surface area contributed by atoms with Crippen LogP contribution in [-0.2, 0) is 0 Å². The molecule has 2 aromatic rings. The van der Waals surface area contributed by atoms with Crippen LogP contribution in [0.3, 0.4) is 0 Å². The summed E-state index contributed by atoms with van der Waals surface area (Å²) < 4.78 is 5.69. The lowest BCUT2D eigenvalue weighted by Crippen LogP contribution is -2.12. The van der Waals surface area contributed by atoms with Gasteiger partial charge in [-0.1, -0.05) is 18.2 Å². The van der Waals surface area contributed by atoms with Gasteiger partial charge in [0.1, 0.15) is 11.3 Å². The maximum absolute atomic E-state index is 12.0. The maximum Gasteiger partial charge on any atom is 0.261 e. The van der Waals surface area contributed by atoms with Crippen LogP contribution >= 0.6 is 0 Å². The van der Waals surface area contributed by atoms with E-state index in [0.29, 0.717) is 28.4 Å². The van der Waals surface area contributed by atoms with Crippen molar-refractivity contribution in [3.8, 4) is 11.5 Å². The van der Waals surface area contributed by atoms with Crippen molar-refractivity contribution >= 4 is 17.3 Å². The molecule has 1 aliphatic rings. The molecule has 0 atom stereocenters. The fourth-order valence-electron chi connectivity index (χ4n) is 1.84. The van der Waals surface area contributed by atoms with Gasteiger partial charge in [-0.15, -0.1) is 0 Å². The highest BCUT2D eigenvalue weighted by Gasteiger charge is 2.22. The summed E-state index contributed by atoms with van der Waals surface area (Å²) in [5.41, 5.74) is 7.23. The molecule has 2 aromatic carbocycles. The van der Waals surface area contributed by atoms with Crippen molar-refractivity contribution in [2.24, 2.45) is 0 Å². The van der Waals surface area contributed by atoms with E-state index in [2.05, 4.69) is 5.32 Å². The van der Waals surface area contributed by atoms with Crippen molar-refractivity contribution in [3.05, 3.63) is 48.0 Å². The number of benzene rings is 2. The number of hydrogen-bond donors (Lipinski definition) is 2. The number of para-hydroxylation sites is 2. The molecule has 1 heterocycles. The molecule has 0 saturated carbocycles. The number of carbonyl (C=O) groups is 1. The monoisotopic (exact) mass is 226 g/mol. The molecule has 0 radical (unpaired) electrons. The van der Waals surface area contributed by atoms with Gasteiger partial charge in [0.2, 0.25) is 0 Å². The van der Waals surface area contributed by atoms with Crippen LogP contribution in [0.15, 0.2) is 42.5 Å². The van der Waals surface area contributed by atoms with Crippen LogP contribution in [-0.4, -0.2) is 5.91 Å². The third-order valence-electron chi connectivity index (χ3n) is 2.64. The number of nitrogen functional groups attached to an aromatic ring is 1. The number of amides is 1. The average molecular weight is 226 g/mol. The summed E-state index contributed by atoms with van der Waals surface area (Å²) >= 11 is 0. The van der Waals surface area contributed by atoms with Crippen molar-refractivity contribution in [3.63, 3.8) is 0 Å². The highest BCUT2D eigenvalue weighted by molar-refractivity contribution is 6.11. The molecule has 84 valence electrons. The van der Waals surface area contributed by atoms with Gasteiger partial charge < -0.3 is 15.8 Å². The zero-order chi connectivity index (χ0) is 11.8. The molecule has 0 spiro atoms. The smallest absolute Gasteiger partial charge is 0.261 e. The van der Waals surface area contributed by atoms with E-state index in [9.17, 15) is 4.79 Å². The Morgan fingerprint density at radius 3 is 2.65 bits per heavy atom. The first kappa shape index (κ1) is 9.72. The number of fused-ring (bicyclic) bond motifs is 2. The lowest BCUT2D eigenvalue weighted by atomic mass is 10.1. The lowest BCUT2D eigenvalue weighted by Gasteiger charge is -2.07. The number of ether oxygens (including phenoxy) is 1. The van der Waals surface area contributed by atoms with E-state index in [0.717, 1.165) is 0 Å². The SMILES string of the molecule is Nc1cccc2c1C(=O)Nc1ccccc1O2. The molecular weight excluding hydrogens is 216 g/mol. The van der Waals surface area contributed by atoms with E-state index >= 15 is 0 Å². The molecule has 0 saturated heterocycles. The van der Waals surface area contributed by atoms with Crippen LogP contribution in [0.4, 0.5) is 11.4 Å². The molecule has 17 heavy (non-hydrogen) atoms. The molecule has 0 aromatic heterocycles. The van der Waals surface area contributed by atoms with Crippen molar-refractivity contribution in [1.29, 1.82) is 0 Å². The Kier molecular flexibility index (Phi) is 2.01. The van der Waals surface area contributed by atoms with Gasteiger partial charge in [0.15, 0.2) is 5.75 Å². The normalized spacial score (nSPS) is 12.8. The minimum Gasteiger partial charge on any atom is -0.454 e. The summed E-state index contributed by atoms with van der Waals surface area (Å²) in [4.78, 5) is 12.0. The number of carbonyl (C=O) groups excluding carboxylic acids is 1. The molecule has 4 nitrogen and oxygen atoms in total. The molecule has 0 aliphatic carbocycles. The number of nitrogens with one attached hydrogen (secondary N) is 1. The minimum atomic E-state index is -0.247. The van der Waals surface area contributed by atoms with Gasteiger partial charge in [-0.3, -0.25) is 4.79 Å². The van der Waals surface area contributed by atoms with Crippen molar-refractivity contribution in [2.45, 2.75) is 0 Å². The van der Waals surface area contributed by atoms with Crippen molar-refractivity contribution < 1.29 is 9.53 Å². The standard InChI is InChI=1S/C13H10N2O2/c14-8-4-3-7-11-12(8)13(16)15-9-5-1-2-6-10(9)17-11/h1-7H,14H2,(H,15,16). The zero-order valence-corrected chi connectivity index (χ0v) is 8.94. The van der Waals surface area contributed by atoms with Crippen LogP contribution < -0.4 is 15.8 Å². The van der Waals surface area contributed by atoms with E-state index < -0.39 is 0 Å². The minimum absolute atomic E-state index is 0.247. The third-order valence-corrected chi connectivity index (χ3v) is 2.64. The van der Waals surface area contributed by atoms with Gasteiger partial charge in [0.05, 0.1) is 5.69 Å². The zero-order valence-electron chi connectivity index (χ0n) is 8.94. The predicted molar refractivity (Wildman–Crippen MR) is 65.3 cm³/mol. The fraction of sp³-hybridized carbons (Fsp3) is 0. The third kappa shape index (κ3) is 1.50. The Morgan fingerprint density at radius 1 is 1.00 bits per heavy atom. The summed E-state index contributed by atoms with van der Waals surface area (Å²) in [6, 6.07) is 12.4. The van der Waals surface area contributed by atoms with E-state index in [1.54, 1.807) is 30.3 Å². The average Bonchev–Trinajstić information content (AvgIpc) is 2.45. The van der Waals surface area contributed by atoms with Crippen LogP contribution in [0.5, 0.6) is 11.5 Å². The Hall–Kier alpha value is -2.49. The Morgan fingerprint density at radius 2 is 1.76 bits per heavy atom. The molecule has 1 amide bonds. The first-order chi connectivity index (χ1) is 8.25. The first-order valence-corrected chi connectivity index (χ1v) is 5.22. The van der Waals surface area contributed by atoms with Crippen LogP contribution in [0.2, 0.25) is 0 Å². The second-order valence-corrected chi connectivity index (χ2v) is 3.77. The molecule has 1 aliphatic heterocycles. The second kappa shape index (κ2) is 3.52. The molecule has 3 rings (SSSR count). The van der Waals surface area contributed by atoms with E-state index in [4.69, 9.17) is 10.5 Å². The van der Waals surface area contributed by atoms with Gasteiger partial charge in [0.25, 0.3) is 5.91 Å². The van der Waals surface area contributed by atoms with Crippen LogP contribution in [0, 0.1) is 0 Å². The molecular formula is C13H10N2O2. The van der Waals surface area contributed by atoms with Gasteiger partial charge in [-0.2, -0.15) is 0 Å². The van der Waals surface area contributed by atoms with Gasteiger partial charge in [-0.25, -0.2) is 0 Å². The Labute approximate surface area is 98.0 Å². The van der Waals surface area contributed by atoms with E-state index in [1.807, 2.05) is 12.1 Å². The Bertz CT molecular complexity index is 608. The van der Waals surface area contributed by atoms with Crippen molar-refractivity contribution in [2.75, 3.05) is 11.1 Å². The summed E-state index contributed by atoms with van der Waals surface area (Å²) in [6.45, 7) is 0. The van der Waals surface area contributed by atoms with E-state index in [-0.39, 0.29) is 5.91 Å². The van der Waals surface area contributed by atoms with Crippen molar-refractivity contribution in [1.82, 2.24) is 0 Å². The maximum atomic E-state index is 12.0. The van der Waals surface area contributed by atoms with Gasteiger partial charge in [-0.05, 0) is 24.3 Å². The highest BCUT2D eigenvalue weighted by Crippen LogP contribution is 2.37. The summed E-state index contributed by atoms with van der Waals surface area (Å²) in [5, 5.41) is 2.78. The summed E-state index contributed by atoms with van der Waals surface area (Å²) in [6.07, 6.45) is 0. The fourth-order valence-corrected chi connectivity index (χ4v) is 1.84. The second-order valence-electron chi connectivity index (χ2n) is 3.77. The topological polar surface area (TPSA) is 64.4 Å². The van der Waals surface area contributed by atoms with Gasteiger partial charge in [0, 0.05) is 5.69 Å². The Balaban J connectivity index is 2.21. The first-order valence-electron chi connectivity index (χ1n) is 5.22. The van der Waals surface area contributed by atoms with Crippen LogP contribution in [0.1, 0.15) is 10.4 Å². The van der Waals surface area contributed by atoms with E-state index in [1.165, 1.54) is 0 Å². The molecule has 0 fully saturated rings. The number of hydrogen-bond acceptors (Lipinski definition) is 3. The highest BCUT2D eigenvalue weighted by atomic mass is 16.5. The molecule has 3 N–H and O–H groups in total.